The molecule has 0 aliphatic heterocycles. The molecule has 0 aliphatic carbocycles. The standard InChI is InChI=1S/C14H21NO2S/c1-4-16-11-5-7-12(8-6-11)17-10-9-14(2,3)13(15)18/h5-8H,4,9-10H2,1-3H3,(H2,15,18). The van der Waals surface area contributed by atoms with E-state index in [0.717, 1.165) is 17.9 Å². The first kappa shape index (κ1) is 14.8. The Morgan fingerprint density at radius 3 is 2.11 bits per heavy atom. The molecule has 0 saturated carbocycles. The van der Waals surface area contributed by atoms with Crippen LogP contribution in [0.1, 0.15) is 27.2 Å². The maximum atomic E-state index is 5.66. The van der Waals surface area contributed by atoms with Crippen LogP contribution in [0.3, 0.4) is 0 Å². The van der Waals surface area contributed by atoms with Crippen molar-refractivity contribution < 1.29 is 9.47 Å². The Balaban J connectivity index is 2.42. The molecular weight excluding hydrogens is 246 g/mol. The number of ether oxygens (including phenoxy) is 2. The van der Waals surface area contributed by atoms with Crippen LogP contribution in [0.15, 0.2) is 24.3 Å². The van der Waals surface area contributed by atoms with Crippen LogP contribution in [0, 0.1) is 5.41 Å². The van der Waals surface area contributed by atoms with E-state index in [2.05, 4.69) is 0 Å². The van der Waals surface area contributed by atoms with Gasteiger partial charge in [-0.3, -0.25) is 0 Å². The van der Waals surface area contributed by atoms with Gasteiger partial charge in [0.15, 0.2) is 0 Å². The van der Waals surface area contributed by atoms with Crippen molar-refractivity contribution in [1.82, 2.24) is 0 Å². The van der Waals surface area contributed by atoms with Gasteiger partial charge >= 0.3 is 0 Å². The molecule has 100 valence electrons. The number of hydrogen-bond donors (Lipinski definition) is 1. The molecule has 0 aliphatic rings. The van der Waals surface area contributed by atoms with E-state index < -0.39 is 0 Å². The molecule has 1 aromatic rings. The molecule has 0 heterocycles. The van der Waals surface area contributed by atoms with Gasteiger partial charge in [0.25, 0.3) is 0 Å². The Kier molecular flexibility index (Phi) is 5.41. The minimum atomic E-state index is -0.166. The van der Waals surface area contributed by atoms with Crippen LogP contribution in [-0.2, 0) is 0 Å². The highest BCUT2D eigenvalue weighted by molar-refractivity contribution is 7.80. The molecule has 4 heteroatoms. The summed E-state index contributed by atoms with van der Waals surface area (Å²) in [6.07, 6.45) is 0.801. The second-order valence-corrected chi connectivity index (χ2v) is 5.19. The highest BCUT2D eigenvalue weighted by atomic mass is 32.1. The van der Waals surface area contributed by atoms with Crippen LogP contribution in [0.2, 0.25) is 0 Å². The van der Waals surface area contributed by atoms with E-state index in [1.165, 1.54) is 0 Å². The van der Waals surface area contributed by atoms with Crippen molar-refractivity contribution in [2.24, 2.45) is 11.1 Å². The molecule has 0 fully saturated rings. The molecule has 0 spiro atoms. The Morgan fingerprint density at radius 2 is 1.67 bits per heavy atom. The van der Waals surface area contributed by atoms with Crippen LogP contribution in [-0.4, -0.2) is 18.2 Å². The third-order valence-corrected chi connectivity index (χ3v) is 3.35. The fourth-order valence-corrected chi connectivity index (χ4v) is 1.45. The number of thiocarbonyl (C=S) groups is 1. The lowest BCUT2D eigenvalue weighted by Gasteiger charge is -2.22. The summed E-state index contributed by atoms with van der Waals surface area (Å²) < 4.78 is 11.0. The molecule has 1 rings (SSSR count). The van der Waals surface area contributed by atoms with Gasteiger partial charge in [-0.15, -0.1) is 0 Å². The zero-order valence-electron chi connectivity index (χ0n) is 11.2. The van der Waals surface area contributed by atoms with Gasteiger partial charge in [-0.25, -0.2) is 0 Å². The largest absolute Gasteiger partial charge is 0.494 e. The Bertz CT molecular complexity index is 387. The van der Waals surface area contributed by atoms with Crippen LogP contribution in [0.25, 0.3) is 0 Å². The smallest absolute Gasteiger partial charge is 0.119 e. The zero-order chi connectivity index (χ0) is 13.6. The summed E-state index contributed by atoms with van der Waals surface area (Å²) in [5, 5.41) is 0. The first-order valence-electron chi connectivity index (χ1n) is 6.11. The number of nitrogens with two attached hydrogens (primary N) is 1. The van der Waals surface area contributed by atoms with E-state index in [9.17, 15) is 0 Å². The predicted molar refractivity (Wildman–Crippen MR) is 78.3 cm³/mol. The van der Waals surface area contributed by atoms with E-state index in [1.807, 2.05) is 45.0 Å². The van der Waals surface area contributed by atoms with Crippen molar-refractivity contribution in [3.63, 3.8) is 0 Å². The van der Waals surface area contributed by atoms with Crippen molar-refractivity contribution in [3.8, 4) is 11.5 Å². The zero-order valence-corrected chi connectivity index (χ0v) is 12.0. The van der Waals surface area contributed by atoms with Crippen molar-refractivity contribution in [2.75, 3.05) is 13.2 Å². The molecule has 0 aromatic heterocycles. The molecule has 18 heavy (non-hydrogen) atoms. The number of rotatable bonds is 7. The average Bonchev–Trinajstić information content (AvgIpc) is 2.31. The average molecular weight is 267 g/mol. The van der Waals surface area contributed by atoms with Crippen LogP contribution < -0.4 is 15.2 Å². The van der Waals surface area contributed by atoms with Crippen molar-refractivity contribution in [1.29, 1.82) is 0 Å². The molecule has 0 saturated heterocycles. The topological polar surface area (TPSA) is 44.5 Å². The van der Waals surface area contributed by atoms with Crippen molar-refractivity contribution in [3.05, 3.63) is 24.3 Å². The molecule has 0 unspecified atom stereocenters. The number of hydrogen-bond acceptors (Lipinski definition) is 3. The van der Waals surface area contributed by atoms with E-state index in [0.29, 0.717) is 18.2 Å². The summed E-state index contributed by atoms with van der Waals surface area (Å²) in [4.78, 5) is 0.526. The quantitative estimate of drug-likeness (QED) is 0.771. The molecule has 2 N–H and O–H groups in total. The van der Waals surface area contributed by atoms with E-state index in [4.69, 9.17) is 27.4 Å². The third-order valence-electron chi connectivity index (χ3n) is 2.80. The summed E-state index contributed by atoms with van der Waals surface area (Å²) in [6.45, 7) is 7.27. The minimum absolute atomic E-state index is 0.166. The minimum Gasteiger partial charge on any atom is -0.494 e. The van der Waals surface area contributed by atoms with Gasteiger partial charge in [-0.1, -0.05) is 26.1 Å². The second kappa shape index (κ2) is 6.59. The maximum Gasteiger partial charge on any atom is 0.119 e. The van der Waals surface area contributed by atoms with Gasteiger partial charge in [-0.05, 0) is 37.6 Å². The Morgan fingerprint density at radius 1 is 1.17 bits per heavy atom. The molecule has 0 bridgehead atoms. The number of benzene rings is 1. The van der Waals surface area contributed by atoms with Gasteiger partial charge in [0, 0.05) is 5.41 Å². The van der Waals surface area contributed by atoms with Gasteiger partial charge in [0.1, 0.15) is 11.5 Å². The van der Waals surface area contributed by atoms with E-state index in [1.54, 1.807) is 0 Å². The first-order valence-corrected chi connectivity index (χ1v) is 6.52. The normalized spacial score (nSPS) is 11.1. The summed E-state index contributed by atoms with van der Waals surface area (Å²) in [7, 11) is 0. The molecule has 1 aromatic carbocycles. The summed E-state index contributed by atoms with van der Waals surface area (Å²) in [5.74, 6) is 1.69. The van der Waals surface area contributed by atoms with E-state index in [-0.39, 0.29) is 5.41 Å². The monoisotopic (exact) mass is 267 g/mol. The van der Waals surface area contributed by atoms with Gasteiger partial charge in [0.2, 0.25) is 0 Å². The fraction of sp³-hybridized carbons (Fsp3) is 0.500. The van der Waals surface area contributed by atoms with E-state index >= 15 is 0 Å². The fourth-order valence-electron chi connectivity index (χ4n) is 1.35. The molecule has 0 radical (unpaired) electrons. The summed E-state index contributed by atoms with van der Waals surface area (Å²) >= 11 is 5.01. The van der Waals surface area contributed by atoms with Gasteiger partial charge in [0.05, 0.1) is 18.2 Å². The molecule has 0 amide bonds. The molecule has 0 atom stereocenters. The Hall–Kier alpha value is -1.29. The van der Waals surface area contributed by atoms with Crippen molar-refractivity contribution >= 4 is 17.2 Å². The Labute approximate surface area is 114 Å². The molecule has 3 nitrogen and oxygen atoms in total. The van der Waals surface area contributed by atoms with Crippen LogP contribution >= 0.6 is 12.2 Å². The summed E-state index contributed by atoms with van der Waals surface area (Å²) in [5.41, 5.74) is 5.50. The lowest BCUT2D eigenvalue weighted by molar-refractivity contribution is 0.269. The summed E-state index contributed by atoms with van der Waals surface area (Å²) in [6, 6.07) is 7.60. The molecular formula is C14H21NO2S. The third kappa shape index (κ3) is 4.53. The van der Waals surface area contributed by atoms with Crippen LogP contribution in [0.4, 0.5) is 0 Å². The van der Waals surface area contributed by atoms with Crippen molar-refractivity contribution in [2.45, 2.75) is 27.2 Å². The van der Waals surface area contributed by atoms with Gasteiger partial charge in [-0.2, -0.15) is 0 Å². The SMILES string of the molecule is CCOc1ccc(OCCC(C)(C)C(N)=S)cc1. The lowest BCUT2D eigenvalue weighted by atomic mass is 9.90. The highest BCUT2D eigenvalue weighted by Crippen LogP contribution is 2.22. The predicted octanol–water partition coefficient (Wildman–Crippen LogP) is 3.17. The lowest BCUT2D eigenvalue weighted by Crippen LogP contribution is -2.31. The maximum absolute atomic E-state index is 5.66. The highest BCUT2D eigenvalue weighted by Gasteiger charge is 2.21. The first-order chi connectivity index (χ1) is 8.45. The van der Waals surface area contributed by atoms with Gasteiger partial charge < -0.3 is 15.2 Å². The van der Waals surface area contributed by atoms with Crippen LogP contribution in [0.5, 0.6) is 11.5 Å². The second-order valence-electron chi connectivity index (χ2n) is 4.75.